The fourth-order valence-corrected chi connectivity index (χ4v) is 2.90. The number of benzene rings is 1. The summed E-state index contributed by atoms with van der Waals surface area (Å²) in [5.74, 6) is 0.176. The van der Waals surface area contributed by atoms with Crippen molar-refractivity contribution in [1.29, 1.82) is 0 Å². The van der Waals surface area contributed by atoms with E-state index in [0.29, 0.717) is 13.2 Å². The van der Waals surface area contributed by atoms with Crippen molar-refractivity contribution in [2.24, 2.45) is 0 Å². The van der Waals surface area contributed by atoms with Crippen LogP contribution in [0.1, 0.15) is 44.5 Å². The highest BCUT2D eigenvalue weighted by molar-refractivity contribution is 5.84. The van der Waals surface area contributed by atoms with Gasteiger partial charge >= 0.3 is 0 Å². The zero-order valence-corrected chi connectivity index (χ0v) is 13.4. The average Bonchev–Trinajstić information content (AvgIpc) is 2.76. The number of rotatable bonds is 6. The summed E-state index contributed by atoms with van der Waals surface area (Å²) in [5, 5.41) is 3.45. The molecule has 0 aromatic heterocycles. The fraction of sp³-hybridized carbons (Fsp3) is 0.588. The molecule has 3 unspecified atom stereocenters. The smallest absolute Gasteiger partial charge is 0.241 e. The van der Waals surface area contributed by atoms with Gasteiger partial charge in [-0.1, -0.05) is 36.8 Å². The minimum Gasteiger partial charge on any atom is -0.377 e. The largest absolute Gasteiger partial charge is 0.377 e. The minimum atomic E-state index is -0.0932. The number of aryl methyl sites for hydroxylation is 1. The monoisotopic (exact) mass is 290 g/mol. The molecular weight excluding hydrogens is 264 g/mol. The minimum absolute atomic E-state index is 0.0451. The molecule has 1 heterocycles. The first-order valence-electron chi connectivity index (χ1n) is 7.81. The molecule has 2 rings (SSSR count). The Kier molecular flexibility index (Phi) is 5.37. The lowest BCUT2D eigenvalue weighted by molar-refractivity contribution is -0.132. The van der Waals surface area contributed by atoms with Crippen LogP contribution in [0.25, 0.3) is 0 Å². The number of ether oxygens (including phenoxy) is 1. The van der Waals surface area contributed by atoms with Crippen LogP contribution in [-0.4, -0.2) is 36.1 Å². The molecule has 0 saturated carbocycles. The summed E-state index contributed by atoms with van der Waals surface area (Å²) in [6, 6.07) is 8.24. The molecule has 0 radical (unpaired) electrons. The third kappa shape index (κ3) is 3.63. The number of amides is 1. The van der Waals surface area contributed by atoms with Crippen molar-refractivity contribution >= 4 is 5.91 Å². The van der Waals surface area contributed by atoms with Crippen LogP contribution in [0, 0.1) is 6.92 Å². The van der Waals surface area contributed by atoms with Crippen molar-refractivity contribution in [3.05, 3.63) is 35.4 Å². The van der Waals surface area contributed by atoms with E-state index in [9.17, 15) is 4.79 Å². The molecule has 1 N–H and O–H groups in total. The Hall–Kier alpha value is -1.39. The maximum absolute atomic E-state index is 12.6. The summed E-state index contributed by atoms with van der Waals surface area (Å²) >= 11 is 0. The molecule has 0 bridgehead atoms. The highest BCUT2D eigenvalue weighted by atomic mass is 16.5. The number of nitrogens with one attached hydrogen (secondary N) is 1. The molecule has 0 aliphatic carbocycles. The fourth-order valence-electron chi connectivity index (χ4n) is 2.90. The Bertz CT molecular complexity index is 489. The predicted molar refractivity (Wildman–Crippen MR) is 83.9 cm³/mol. The lowest BCUT2D eigenvalue weighted by Crippen LogP contribution is -2.37. The number of hydrogen-bond donors (Lipinski definition) is 1. The molecule has 0 spiro atoms. The van der Waals surface area contributed by atoms with Crippen LogP contribution in [0.5, 0.6) is 0 Å². The van der Waals surface area contributed by atoms with Gasteiger partial charge in [-0.2, -0.15) is 0 Å². The van der Waals surface area contributed by atoms with Crippen molar-refractivity contribution in [3.8, 4) is 0 Å². The van der Waals surface area contributed by atoms with E-state index in [2.05, 4.69) is 30.4 Å². The molecule has 21 heavy (non-hydrogen) atoms. The van der Waals surface area contributed by atoms with E-state index in [1.165, 1.54) is 5.56 Å². The zero-order valence-electron chi connectivity index (χ0n) is 13.4. The van der Waals surface area contributed by atoms with Crippen LogP contribution >= 0.6 is 0 Å². The maximum atomic E-state index is 12.6. The number of carbonyl (C=O) groups excluding carboxylic acids is 1. The molecule has 1 aromatic rings. The standard InChI is InChI=1S/C17H26N2O2/c1-5-15-17(20)19(11-13(4)21-6-2)16(18-15)14-9-7-8-12(3)10-14/h7-10,13,15-16,18H,5-6,11H2,1-4H3. The van der Waals surface area contributed by atoms with Gasteiger partial charge in [0.1, 0.15) is 6.17 Å². The Balaban J connectivity index is 2.22. The summed E-state index contributed by atoms with van der Waals surface area (Å²) in [5.41, 5.74) is 2.35. The van der Waals surface area contributed by atoms with Gasteiger partial charge in [-0.25, -0.2) is 0 Å². The summed E-state index contributed by atoms with van der Waals surface area (Å²) < 4.78 is 5.61. The molecular formula is C17H26N2O2. The molecule has 1 aliphatic rings. The van der Waals surface area contributed by atoms with Crippen molar-refractivity contribution in [2.45, 2.75) is 52.4 Å². The summed E-state index contributed by atoms with van der Waals surface area (Å²) in [4.78, 5) is 14.5. The zero-order chi connectivity index (χ0) is 15.4. The lowest BCUT2D eigenvalue weighted by atomic mass is 10.1. The van der Waals surface area contributed by atoms with Crippen molar-refractivity contribution in [3.63, 3.8) is 0 Å². The molecule has 1 aromatic carbocycles. The van der Waals surface area contributed by atoms with Gasteiger partial charge < -0.3 is 9.64 Å². The molecule has 1 aliphatic heterocycles. The normalized spacial score (nSPS) is 23.6. The van der Waals surface area contributed by atoms with Gasteiger partial charge in [-0.3, -0.25) is 10.1 Å². The third-order valence-electron chi connectivity index (χ3n) is 3.92. The highest BCUT2D eigenvalue weighted by Gasteiger charge is 2.39. The van der Waals surface area contributed by atoms with Crippen LogP contribution in [0.15, 0.2) is 24.3 Å². The number of carbonyl (C=O) groups is 1. The van der Waals surface area contributed by atoms with E-state index in [4.69, 9.17) is 4.74 Å². The maximum Gasteiger partial charge on any atom is 0.241 e. The number of hydrogen-bond acceptors (Lipinski definition) is 3. The second kappa shape index (κ2) is 7.05. The summed E-state index contributed by atoms with van der Waals surface area (Å²) in [6.07, 6.45) is 0.801. The molecule has 116 valence electrons. The van der Waals surface area contributed by atoms with E-state index >= 15 is 0 Å². The van der Waals surface area contributed by atoms with Gasteiger partial charge in [0.05, 0.1) is 12.1 Å². The quantitative estimate of drug-likeness (QED) is 0.875. The molecule has 1 amide bonds. The van der Waals surface area contributed by atoms with Gasteiger partial charge in [0, 0.05) is 13.2 Å². The molecule has 4 nitrogen and oxygen atoms in total. The Morgan fingerprint density at radius 3 is 2.76 bits per heavy atom. The van der Waals surface area contributed by atoms with E-state index in [-0.39, 0.29) is 24.2 Å². The van der Waals surface area contributed by atoms with Crippen molar-refractivity contribution in [1.82, 2.24) is 10.2 Å². The average molecular weight is 290 g/mol. The lowest BCUT2D eigenvalue weighted by Gasteiger charge is -2.27. The van der Waals surface area contributed by atoms with Crippen LogP contribution in [0.4, 0.5) is 0 Å². The van der Waals surface area contributed by atoms with Crippen molar-refractivity contribution < 1.29 is 9.53 Å². The van der Waals surface area contributed by atoms with E-state index in [1.54, 1.807) is 0 Å². The highest BCUT2D eigenvalue weighted by Crippen LogP contribution is 2.27. The Morgan fingerprint density at radius 1 is 1.38 bits per heavy atom. The predicted octanol–water partition coefficient (Wildman–Crippen LogP) is 2.63. The van der Waals surface area contributed by atoms with Gasteiger partial charge in [0.25, 0.3) is 0 Å². The second-order valence-electron chi connectivity index (χ2n) is 5.70. The first kappa shape index (κ1) is 16.0. The second-order valence-corrected chi connectivity index (χ2v) is 5.70. The van der Waals surface area contributed by atoms with E-state index < -0.39 is 0 Å². The van der Waals surface area contributed by atoms with Crippen LogP contribution in [0.3, 0.4) is 0 Å². The summed E-state index contributed by atoms with van der Waals surface area (Å²) in [6.45, 7) is 9.40. The van der Waals surface area contributed by atoms with Crippen LogP contribution < -0.4 is 5.32 Å². The molecule has 4 heteroatoms. The Morgan fingerprint density at radius 2 is 2.14 bits per heavy atom. The third-order valence-corrected chi connectivity index (χ3v) is 3.92. The first-order valence-corrected chi connectivity index (χ1v) is 7.81. The Labute approximate surface area is 127 Å². The topological polar surface area (TPSA) is 41.6 Å². The van der Waals surface area contributed by atoms with Crippen LogP contribution in [-0.2, 0) is 9.53 Å². The molecule has 3 atom stereocenters. The summed E-state index contributed by atoms with van der Waals surface area (Å²) in [7, 11) is 0. The van der Waals surface area contributed by atoms with E-state index in [0.717, 1.165) is 12.0 Å². The van der Waals surface area contributed by atoms with Crippen LogP contribution in [0.2, 0.25) is 0 Å². The molecule has 1 saturated heterocycles. The first-order chi connectivity index (χ1) is 10.1. The van der Waals surface area contributed by atoms with Gasteiger partial charge in [-0.05, 0) is 32.8 Å². The SMILES string of the molecule is CCOC(C)CN1C(=O)C(CC)NC1c1cccc(C)c1. The van der Waals surface area contributed by atoms with Gasteiger partial charge in [0.15, 0.2) is 0 Å². The van der Waals surface area contributed by atoms with Crippen molar-refractivity contribution in [2.75, 3.05) is 13.2 Å². The van der Waals surface area contributed by atoms with Gasteiger partial charge in [-0.15, -0.1) is 0 Å². The van der Waals surface area contributed by atoms with E-state index in [1.807, 2.05) is 31.7 Å². The number of nitrogens with zero attached hydrogens (tertiary/aromatic N) is 1. The molecule has 1 fully saturated rings. The van der Waals surface area contributed by atoms with Gasteiger partial charge in [0.2, 0.25) is 5.91 Å².